The zero-order valence-corrected chi connectivity index (χ0v) is 12.2. The van der Waals surface area contributed by atoms with Gasteiger partial charge in [-0.1, -0.05) is 12.8 Å². The van der Waals surface area contributed by atoms with E-state index in [1.165, 1.54) is 58.2 Å². The lowest BCUT2D eigenvalue weighted by Gasteiger charge is -2.38. The molecule has 18 heavy (non-hydrogen) atoms. The topological polar surface area (TPSA) is 26.7 Å². The van der Waals surface area contributed by atoms with Crippen LogP contribution in [0.15, 0.2) is 0 Å². The highest BCUT2D eigenvalue weighted by Crippen LogP contribution is 2.38. The maximum atomic E-state index is 9.68. The van der Waals surface area contributed by atoms with Gasteiger partial charge in [0.1, 0.15) is 0 Å². The maximum Gasteiger partial charge on any atom is 0.0499 e. The molecule has 1 aliphatic carbocycles. The second-order valence-electron chi connectivity index (χ2n) is 6.85. The lowest BCUT2D eigenvalue weighted by atomic mass is 9.85. The van der Waals surface area contributed by atoms with Crippen molar-refractivity contribution in [1.82, 2.24) is 9.80 Å². The van der Waals surface area contributed by atoms with E-state index in [1.54, 1.807) is 0 Å². The standard InChI is InChI=1S/C15H30N2O/c1-16(2)11-14-5-9-17(10-6-14)12-15(13-18)7-3-4-8-15/h14,18H,3-13H2,1-2H3. The summed E-state index contributed by atoms with van der Waals surface area (Å²) >= 11 is 0. The highest BCUT2D eigenvalue weighted by atomic mass is 16.3. The molecular weight excluding hydrogens is 224 g/mol. The molecule has 0 aromatic rings. The third-order valence-corrected chi connectivity index (χ3v) is 4.89. The van der Waals surface area contributed by atoms with Crippen LogP contribution in [0, 0.1) is 11.3 Å². The smallest absolute Gasteiger partial charge is 0.0499 e. The summed E-state index contributed by atoms with van der Waals surface area (Å²) in [5, 5.41) is 9.68. The largest absolute Gasteiger partial charge is 0.396 e. The van der Waals surface area contributed by atoms with Crippen LogP contribution in [0.4, 0.5) is 0 Å². The number of nitrogens with zero attached hydrogens (tertiary/aromatic N) is 2. The highest BCUT2D eigenvalue weighted by Gasteiger charge is 2.35. The summed E-state index contributed by atoms with van der Waals surface area (Å²) in [6, 6.07) is 0. The van der Waals surface area contributed by atoms with Crippen molar-refractivity contribution in [3.05, 3.63) is 0 Å². The Labute approximate surface area is 112 Å². The molecule has 0 amide bonds. The Morgan fingerprint density at radius 1 is 1.17 bits per heavy atom. The van der Waals surface area contributed by atoms with Gasteiger partial charge in [-0.05, 0) is 58.8 Å². The van der Waals surface area contributed by atoms with E-state index in [-0.39, 0.29) is 5.41 Å². The Balaban J connectivity index is 1.76. The van der Waals surface area contributed by atoms with Crippen molar-refractivity contribution in [3.8, 4) is 0 Å². The summed E-state index contributed by atoms with van der Waals surface area (Å²) in [7, 11) is 4.34. The third-order valence-electron chi connectivity index (χ3n) is 4.89. The van der Waals surface area contributed by atoms with Gasteiger partial charge in [0.2, 0.25) is 0 Å². The van der Waals surface area contributed by atoms with Crippen molar-refractivity contribution in [1.29, 1.82) is 0 Å². The van der Waals surface area contributed by atoms with E-state index >= 15 is 0 Å². The molecule has 0 radical (unpaired) electrons. The van der Waals surface area contributed by atoms with Crippen LogP contribution in [0.5, 0.6) is 0 Å². The molecule has 2 fully saturated rings. The van der Waals surface area contributed by atoms with Gasteiger partial charge >= 0.3 is 0 Å². The molecule has 1 N–H and O–H groups in total. The quantitative estimate of drug-likeness (QED) is 0.810. The van der Waals surface area contributed by atoms with Gasteiger partial charge in [0, 0.05) is 25.1 Å². The molecule has 0 unspecified atom stereocenters. The number of likely N-dealkylation sites (tertiary alicyclic amines) is 1. The molecule has 3 heteroatoms. The first-order valence-corrected chi connectivity index (χ1v) is 7.61. The summed E-state index contributed by atoms with van der Waals surface area (Å²) in [5.41, 5.74) is 0.244. The van der Waals surface area contributed by atoms with Crippen LogP contribution in [0.25, 0.3) is 0 Å². The minimum atomic E-state index is 0.244. The number of hydrogen-bond acceptors (Lipinski definition) is 3. The summed E-state index contributed by atoms with van der Waals surface area (Å²) < 4.78 is 0. The monoisotopic (exact) mass is 254 g/mol. The molecule has 0 aromatic carbocycles. The van der Waals surface area contributed by atoms with Crippen LogP contribution in [0.3, 0.4) is 0 Å². The maximum absolute atomic E-state index is 9.68. The van der Waals surface area contributed by atoms with Crippen LogP contribution in [-0.4, -0.2) is 61.8 Å². The van der Waals surface area contributed by atoms with E-state index in [2.05, 4.69) is 23.9 Å². The van der Waals surface area contributed by atoms with Crippen molar-refractivity contribution in [2.75, 3.05) is 46.9 Å². The fourth-order valence-electron chi connectivity index (χ4n) is 3.81. The van der Waals surface area contributed by atoms with Gasteiger partial charge in [-0.15, -0.1) is 0 Å². The first kappa shape index (κ1) is 14.3. The van der Waals surface area contributed by atoms with Crippen LogP contribution < -0.4 is 0 Å². The van der Waals surface area contributed by atoms with Crippen LogP contribution >= 0.6 is 0 Å². The van der Waals surface area contributed by atoms with Crippen molar-refractivity contribution in [3.63, 3.8) is 0 Å². The summed E-state index contributed by atoms with van der Waals surface area (Å²) in [6.07, 6.45) is 7.77. The van der Waals surface area contributed by atoms with E-state index in [0.717, 1.165) is 12.5 Å². The van der Waals surface area contributed by atoms with E-state index in [4.69, 9.17) is 0 Å². The minimum absolute atomic E-state index is 0.244. The van der Waals surface area contributed by atoms with Crippen LogP contribution in [0.2, 0.25) is 0 Å². The number of aliphatic hydroxyl groups is 1. The summed E-state index contributed by atoms with van der Waals surface area (Å²) in [6.45, 7) is 5.24. The van der Waals surface area contributed by atoms with E-state index in [9.17, 15) is 5.11 Å². The van der Waals surface area contributed by atoms with Crippen LogP contribution in [-0.2, 0) is 0 Å². The molecule has 2 rings (SSSR count). The lowest BCUT2D eigenvalue weighted by Crippen LogP contribution is -2.43. The molecular formula is C15H30N2O. The highest BCUT2D eigenvalue weighted by molar-refractivity contribution is 4.88. The first-order chi connectivity index (χ1) is 8.63. The number of rotatable bonds is 5. The van der Waals surface area contributed by atoms with Crippen molar-refractivity contribution in [2.24, 2.45) is 11.3 Å². The third kappa shape index (κ3) is 3.69. The molecule has 1 aliphatic heterocycles. The average Bonchev–Trinajstić information content (AvgIpc) is 2.80. The second kappa shape index (κ2) is 6.36. The molecule has 2 aliphatic rings. The van der Waals surface area contributed by atoms with Gasteiger partial charge in [0.05, 0.1) is 0 Å². The molecule has 0 aromatic heterocycles. The predicted octanol–water partition coefficient (Wildman–Crippen LogP) is 1.81. The fraction of sp³-hybridized carbons (Fsp3) is 1.00. The van der Waals surface area contributed by atoms with Gasteiger partial charge in [0.25, 0.3) is 0 Å². The molecule has 1 heterocycles. The molecule has 0 atom stereocenters. The van der Waals surface area contributed by atoms with Gasteiger partial charge in [-0.2, -0.15) is 0 Å². The Morgan fingerprint density at radius 3 is 2.28 bits per heavy atom. The van der Waals surface area contributed by atoms with Gasteiger partial charge in [0.15, 0.2) is 0 Å². The SMILES string of the molecule is CN(C)CC1CCN(CC2(CO)CCCC2)CC1. The van der Waals surface area contributed by atoms with Gasteiger partial charge in [-0.3, -0.25) is 0 Å². The molecule has 1 saturated carbocycles. The zero-order valence-electron chi connectivity index (χ0n) is 12.2. The molecule has 1 saturated heterocycles. The second-order valence-corrected chi connectivity index (χ2v) is 6.85. The van der Waals surface area contributed by atoms with Crippen molar-refractivity contribution >= 4 is 0 Å². The first-order valence-electron chi connectivity index (χ1n) is 7.61. The molecule has 106 valence electrons. The number of piperidine rings is 1. The molecule has 0 spiro atoms. The predicted molar refractivity (Wildman–Crippen MR) is 75.7 cm³/mol. The van der Waals surface area contributed by atoms with E-state index in [1.807, 2.05) is 0 Å². The summed E-state index contributed by atoms with van der Waals surface area (Å²) in [5.74, 6) is 0.880. The minimum Gasteiger partial charge on any atom is -0.396 e. The molecule has 3 nitrogen and oxygen atoms in total. The van der Waals surface area contributed by atoms with E-state index < -0.39 is 0 Å². The van der Waals surface area contributed by atoms with E-state index in [0.29, 0.717) is 6.61 Å². The Hall–Kier alpha value is -0.120. The normalized spacial score (nSPS) is 26.0. The van der Waals surface area contributed by atoms with Crippen LogP contribution in [0.1, 0.15) is 38.5 Å². The van der Waals surface area contributed by atoms with Crippen molar-refractivity contribution in [2.45, 2.75) is 38.5 Å². The van der Waals surface area contributed by atoms with Gasteiger partial charge in [-0.25, -0.2) is 0 Å². The van der Waals surface area contributed by atoms with Crippen molar-refractivity contribution < 1.29 is 5.11 Å². The number of aliphatic hydroxyl groups excluding tert-OH is 1. The Kier molecular flexibility index (Phi) is 5.05. The number of hydrogen-bond donors (Lipinski definition) is 1. The fourth-order valence-corrected chi connectivity index (χ4v) is 3.81. The molecule has 0 bridgehead atoms. The summed E-state index contributed by atoms with van der Waals surface area (Å²) in [4.78, 5) is 4.92. The Bertz CT molecular complexity index is 241. The Morgan fingerprint density at radius 2 is 1.78 bits per heavy atom. The van der Waals surface area contributed by atoms with Gasteiger partial charge < -0.3 is 14.9 Å². The zero-order chi connectivity index (χ0) is 13.0. The average molecular weight is 254 g/mol. The lowest BCUT2D eigenvalue weighted by molar-refractivity contribution is 0.0582.